The third kappa shape index (κ3) is 3.48. The first-order valence-corrected chi connectivity index (χ1v) is 5.93. The Morgan fingerprint density at radius 3 is 2.75 bits per heavy atom. The first-order valence-electron chi connectivity index (χ1n) is 5.93. The van der Waals surface area contributed by atoms with Crippen LogP contribution in [0.2, 0.25) is 0 Å². The van der Waals surface area contributed by atoms with Gasteiger partial charge < -0.3 is 10.5 Å². The molecule has 0 saturated heterocycles. The lowest BCUT2D eigenvalue weighted by Gasteiger charge is -2.09. The van der Waals surface area contributed by atoms with E-state index in [9.17, 15) is 0 Å². The van der Waals surface area contributed by atoms with Crippen LogP contribution in [0.1, 0.15) is 45.2 Å². The smallest absolute Gasteiger partial charge is 0.169 e. The lowest BCUT2D eigenvalue weighted by Crippen LogP contribution is -2.12. The molecule has 1 aromatic heterocycles. The maximum atomic E-state index is 5.76. The highest BCUT2D eigenvalue weighted by Crippen LogP contribution is 2.18. The highest BCUT2D eigenvalue weighted by Gasteiger charge is 2.13. The van der Waals surface area contributed by atoms with Crippen LogP contribution in [0.15, 0.2) is 0 Å². The van der Waals surface area contributed by atoms with Gasteiger partial charge in [0.15, 0.2) is 5.82 Å². The van der Waals surface area contributed by atoms with Crippen molar-refractivity contribution in [2.75, 3.05) is 18.9 Å². The van der Waals surface area contributed by atoms with Crippen molar-refractivity contribution in [3.05, 3.63) is 5.69 Å². The number of hydrogen-bond donors (Lipinski definition) is 1. The molecule has 5 nitrogen and oxygen atoms in total. The molecule has 1 heterocycles. The van der Waals surface area contributed by atoms with E-state index in [4.69, 9.17) is 10.5 Å². The zero-order valence-electron chi connectivity index (χ0n) is 10.4. The summed E-state index contributed by atoms with van der Waals surface area (Å²) in [5.74, 6) is 0.870. The number of nitrogens with zero attached hydrogens (tertiary/aromatic N) is 3. The summed E-state index contributed by atoms with van der Waals surface area (Å²) in [5.41, 5.74) is 6.76. The summed E-state index contributed by atoms with van der Waals surface area (Å²) in [6, 6.07) is 0. The minimum Gasteiger partial charge on any atom is -0.381 e. The van der Waals surface area contributed by atoms with Crippen LogP contribution in [0.25, 0.3) is 0 Å². The predicted molar refractivity (Wildman–Crippen MR) is 64.3 cm³/mol. The average Bonchev–Trinajstić information content (AvgIpc) is 2.59. The molecule has 0 fully saturated rings. The molecular formula is C11H22N4O. The van der Waals surface area contributed by atoms with Crippen LogP contribution < -0.4 is 5.73 Å². The number of aromatic nitrogens is 3. The predicted octanol–water partition coefficient (Wildman–Crippen LogP) is 1.80. The van der Waals surface area contributed by atoms with Gasteiger partial charge in [0.1, 0.15) is 0 Å². The summed E-state index contributed by atoms with van der Waals surface area (Å²) in [5, 5.41) is 7.90. The summed E-state index contributed by atoms with van der Waals surface area (Å²) in [7, 11) is 0. The number of hydrogen-bond acceptors (Lipinski definition) is 4. The van der Waals surface area contributed by atoms with Gasteiger partial charge in [0.25, 0.3) is 0 Å². The molecule has 1 rings (SSSR count). The van der Waals surface area contributed by atoms with E-state index in [-0.39, 0.29) is 0 Å². The molecule has 0 bridgehead atoms. The van der Waals surface area contributed by atoms with E-state index in [2.05, 4.69) is 31.1 Å². The standard InChI is InChI=1S/C11H22N4O/c1-4-5-7-16-8-6-15-10(9(2)3)11(12)13-14-15/h9H,4-8,12H2,1-3H3. The normalized spacial score (nSPS) is 11.2. The third-order valence-corrected chi connectivity index (χ3v) is 2.44. The van der Waals surface area contributed by atoms with Gasteiger partial charge >= 0.3 is 0 Å². The van der Waals surface area contributed by atoms with Gasteiger partial charge in [0.05, 0.1) is 18.8 Å². The van der Waals surface area contributed by atoms with Crippen molar-refractivity contribution in [3.63, 3.8) is 0 Å². The largest absolute Gasteiger partial charge is 0.381 e. The van der Waals surface area contributed by atoms with Gasteiger partial charge in [-0.2, -0.15) is 0 Å². The number of unbranched alkanes of at least 4 members (excludes halogenated alkanes) is 1. The Morgan fingerprint density at radius 2 is 2.12 bits per heavy atom. The second-order valence-corrected chi connectivity index (χ2v) is 4.20. The summed E-state index contributed by atoms with van der Waals surface area (Å²) >= 11 is 0. The van der Waals surface area contributed by atoms with E-state index in [0.29, 0.717) is 18.3 Å². The first-order chi connectivity index (χ1) is 7.66. The Bertz CT molecular complexity index is 309. The van der Waals surface area contributed by atoms with Gasteiger partial charge in [-0.1, -0.05) is 32.4 Å². The van der Waals surface area contributed by atoms with E-state index in [1.807, 2.05) is 4.68 Å². The summed E-state index contributed by atoms with van der Waals surface area (Å²) in [6.45, 7) is 8.53. The van der Waals surface area contributed by atoms with Crippen molar-refractivity contribution in [1.29, 1.82) is 0 Å². The molecule has 16 heavy (non-hydrogen) atoms. The summed E-state index contributed by atoms with van der Waals surface area (Å²) in [6.07, 6.45) is 2.27. The van der Waals surface area contributed by atoms with Crippen molar-refractivity contribution in [2.45, 2.75) is 46.1 Å². The van der Waals surface area contributed by atoms with E-state index >= 15 is 0 Å². The molecule has 0 aliphatic heterocycles. The van der Waals surface area contributed by atoms with E-state index in [0.717, 1.165) is 31.7 Å². The zero-order chi connectivity index (χ0) is 12.0. The van der Waals surface area contributed by atoms with Crippen LogP contribution in [0.4, 0.5) is 5.82 Å². The molecule has 0 saturated carbocycles. The van der Waals surface area contributed by atoms with Crippen molar-refractivity contribution in [1.82, 2.24) is 15.0 Å². The Labute approximate surface area is 97.0 Å². The summed E-state index contributed by atoms with van der Waals surface area (Å²) < 4.78 is 7.33. The average molecular weight is 226 g/mol. The van der Waals surface area contributed by atoms with E-state index < -0.39 is 0 Å². The Kier molecular flexibility index (Phi) is 5.25. The number of rotatable bonds is 7. The topological polar surface area (TPSA) is 66.0 Å². The first kappa shape index (κ1) is 13.0. The van der Waals surface area contributed by atoms with E-state index in [1.54, 1.807) is 0 Å². The molecule has 0 atom stereocenters. The van der Waals surface area contributed by atoms with Crippen LogP contribution in [0.3, 0.4) is 0 Å². The van der Waals surface area contributed by atoms with Gasteiger partial charge in [-0.25, -0.2) is 4.68 Å². The van der Waals surface area contributed by atoms with Crippen molar-refractivity contribution >= 4 is 5.82 Å². The number of nitrogens with two attached hydrogens (primary N) is 1. The van der Waals surface area contributed by atoms with Crippen LogP contribution in [-0.4, -0.2) is 28.2 Å². The van der Waals surface area contributed by atoms with Gasteiger partial charge in [0.2, 0.25) is 0 Å². The lowest BCUT2D eigenvalue weighted by molar-refractivity contribution is 0.120. The monoisotopic (exact) mass is 226 g/mol. The van der Waals surface area contributed by atoms with Crippen molar-refractivity contribution in [2.24, 2.45) is 0 Å². The maximum absolute atomic E-state index is 5.76. The second-order valence-electron chi connectivity index (χ2n) is 4.20. The molecule has 0 aliphatic rings. The molecule has 0 aliphatic carbocycles. The van der Waals surface area contributed by atoms with Gasteiger partial charge in [-0.15, -0.1) is 5.10 Å². The molecule has 0 spiro atoms. The van der Waals surface area contributed by atoms with Crippen molar-refractivity contribution < 1.29 is 4.74 Å². The van der Waals surface area contributed by atoms with Gasteiger partial charge in [-0.05, 0) is 12.3 Å². The van der Waals surface area contributed by atoms with Gasteiger partial charge in [-0.3, -0.25) is 0 Å². The molecule has 92 valence electrons. The van der Waals surface area contributed by atoms with Crippen LogP contribution in [0, 0.1) is 0 Å². The van der Waals surface area contributed by atoms with Crippen molar-refractivity contribution in [3.8, 4) is 0 Å². The maximum Gasteiger partial charge on any atom is 0.169 e. The highest BCUT2D eigenvalue weighted by atomic mass is 16.5. The zero-order valence-corrected chi connectivity index (χ0v) is 10.4. The van der Waals surface area contributed by atoms with Crippen LogP contribution >= 0.6 is 0 Å². The summed E-state index contributed by atoms with van der Waals surface area (Å²) in [4.78, 5) is 0. The number of ether oxygens (including phenoxy) is 1. The SMILES string of the molecule is CCCCOCCn1nnc(N)c1C(C)C. The van der Waals surface area contributed by atoms with Crippen LogP contribution in [-0.2, 0) is 11.3 Å². The van der Waals surface area contributed by atoms with Crippen LogP contribution in [0.5, 0.6) is 0 Å². The molecule has 0 aromatic carbocycles. The molecule has 0 radical (unpaired) electrons. The fourth-order valence-corrected chi connectivity index (χ4v) is 1.59. The fraction of sp³-hybridized carbons (Fsp3) is 0.818. The number of nitrogen functional groups attached to an aromatic ring is 1. The highest BCUT2D eigenvalue weighted by molar-refractivity contribution is 5.34. The molecule has 0 unspecified atom stereocenters. The lowest BCUT2D eigenvalue weighted by atomic mass is 10.1. The molecule has 0 amide bonds. The fourth-order valence-electron chi connectivity index (χ4n) is 1.59. The van der Waals surface area contributed by atoms with Gasteiger partial charge in [0, 0.05) is 6.61 Å². The second kappa shape index (κ2) is 6.48. The Morgan fingerprint density at radius 1 is 1.38 bits per heavy atom. The quantitative estimate of drug-likeness (QED) is 0.720. The Balaban J connectivity index is 2.41. The minimum atomic E-state index is 0.339. The third-order valence-electron chi connectivity index (χ3n) is 2.44. The molecule has 5 heteroatoms. The number of anilines is 1. The van der Waals surface area contributed by atoms with E-state index in [1.165, 1.54) is 0 Å². The molecular weight excluding hydrogens is 204 g/mol. The minimum absolute atomic E-state index is 0.339. The molecule has 2 N–H and O–H groups in total. The Hall–Kier alpha value is -1.10. The molecule has 1 aromatic rings.